The zero-order chi connectivity index (χ0) is 14.4. The fourth-order valence-electron chi connectivity index (χ4n) is 3.54. The first-order chi connectivity index (χ1) is 9.70. The average molecular weight is 281 g/mol. The van der Waals surface area contributed by atoms with Gasteiger partial charge in [0.15, 0.2) is 0 Å². The molecule has 2 heterocycles. The number of nitrogens with one attached hydrogen (secondary N) is 1. The molecule has 2 aliphatic rings. The van der Waals surface area contributed by atoms with E-state index < -0.39 is 0 Å². The number of carbonyl (C=O) groups is 1. The lowest BCUT2D eigenvalue weighted by Gasteiger charge is -2.37. The fourth-order valence-corrected chi connectivity index (χ4v) is 3.54. The van der Waals surface area contributed by atoms with Gasteiger partial charge in [-0.05, 0) is 57.7 Å². The third-order valence-corrected chi connectivity index (χ3v) is 4.68. The highest BCUT2D eigenvalue weighted by atomic mass is 16.2. The Kier molecular flexibility index (Phi) is 6.30. The van der Waals surface area contributed by atoms with Gasteiger partial charge in [-0.1, -0.05) is 13.8 Å². The van der Waals surface area contributed by atoms with Crippen LogP contribution in [0.3, 0.4) is 0 Å². The molecule has 116 valence electrons. The normalized spacial score (nSPS) is 25.1. The summed E-state index contributed by atoms with van der Waals surface area (Å²) in [7, 11) is 0. The number of piperidine rings is 2. The molecule has 1 unspecified atom stereocenters. The van der Waals surface area contributed by atoms with Crippen LogP contribution in [-0.2, 0) is 4.79 Å². The summed E-state index contributed by atoms with van der Waals surface area (Å²) in [6.07, 6.45) is 5.95. The molecule has 2 rings (SSSR count). The first-order valence-electron chi connectivity index (χ1n) is 8.43. The maximum Gasteiger partial charge on any atom is 0.236 e. The van der Waals surface area contributed by atoms with E-state index >= 15 is 0 Å². The minimum atomic E-state index is 0.350. The van der Waals surface area contributed by atoms with E-state index in [4.69, 9.17) is 0 Å². The summed E-state index contributed by atoms with van der Waals surface area (Å²) in [6, 6.07) is 0.599. The van der Waals surface area contributed by atoms with Crippen LogP contribution in [0.25, 0.3) is 0 Å². The first kappa shape index (κ1) is 15.8. The summed E-state index contributed by atoms with van der Waals surface area (Å²) in [6.45, 7) is 10.3. The van der Waals surface area contributed by atoms with Crippen molar-refractivity contribution in [3.8, 4) is 0 Å². The predicted octanol–water partition coefficient (Wildman–Crippen LogP) is 1.71. The van der Waals surface area contributed by atoms with Gasteiger partial charge in [-0.3, -0.25) is 9.69 Å². The Hall–Kier alpha value is -0.610. The Morgan fingerprint density at radius 1 is 1.30 bits per heavy atom. The topological polar surface area (TPSA) is 35.6 Å². The van der Waals surface area contributed by atoms with Crippen LogP contribution in [0.5, 0.6) is 0 Å². The van der Waals surface area contributed by atoms with Crippen molar-refractivity contribution in [1.29, 1.82) is 0 Å². The predicted molar refractivity (Wildman–Crippen MR) is 82.7 cm³/mol. The van der Waals surface area contributed by atoms with Gasteiger partial charge in [-0.2, -0.15) is 0 Å². The number of hydrogen-bond acceptors (Lipinski definition) is 3. The highest BCUT2D eigenvalue weighted by molar-refractivity contribution is 5.78. The zero-order valence-electron chi connectivity index (χ0n) is 13.2. The molecule has 4 nitrogen and oxygen atoms in total. The van der Waals surface area contributed by atoms with Crippen molar-refractivity contribution in [2.24, 2.45) is 5.92 Å². The molecular formula is C16H31N3O. The minimum Gasteiger partial charge on any atom is -0.341 e. The molecule has 2 fully saturated rings. The van der Waals surface area contributed by atoms with Crippen LogP contribution in [0.4, 0.5) is 0 Å². The van der Waals surface area contributed by atoms with Gasteiger partial charge in [0.25, 0.3) is 0 Å². The molecule has 1 atom stereocenters. The maximum absolute atomic E-state index is 12.5. The van der Waals surface area contributed by atoms with Gasteiger partial charge in [-0.25, -0.2) is 0 Å². The molecule has 0 saturated carbocycles. The number of carbonyl (C=O) groups excluding carboxylic acids is 1. The SMILES string of the molecule is CCCN(CC(=O)N1CCCC(C)C1)C1CCNCC1. The highest BCUT2D eigenvalue weighted by Crippen LogP contribution is 2.17. The van der Waals surface area contributed by atoms with E-state index in [0.29, 0.717) is 24.4 Å². The van der Waals surface area contributed by atoms with Crippen molar-refractivity contribution in [3.63, 3.8) is 0 Å². The van der Waals surface area contributed by atoms with Crippen LogP contribution >= 0.6 is 0 Å². The van der Waals surface area contributed by atoms with Crippen molar-refractivity contribution in [2.45, 2.75) is 52.0 Å². The van der Waals surface area contributed by atoms with Gasteiger partial charge in [0.1, 0.15) is 0 Å². The van der Waals surface area contributed by atoms with Crippen LogP contribution in [0.1, 0.15) is 46.0 Å². The van der Waals surface area contributed by atoms with Crippen molar-refractivity contribution >= 4 is 5.91 Å². The monoisotopic (exact) mass is 281 g/mol. The highest BCUT2D eigenvalue weighted by Gasteiger charge is 2.26. The Morgan fingerprint density at radius 2 is 2.05 bits per heavy atom. The summed E-state index contributed by atoms with van der Waals surface area (Å²) in [5.74, 6) is 1.02. The van der Waals surface area contributed by atoms with E-state index in [2.05, 4.69) is 29.0 Å². The lowest BCUT2D eigenvalue weighted by Crippen LogP contribution is -2.50. The van der Waals surface area contributed by atoms with Crippen LogP contribution < -0.4 is 5.32 Å². The van der Waals surface area contributed by atoms with Gasteiger partial charge in [0, 0.05) is 19.1 Å². The molecule has 1 N–H and O–H groups in total. The second-order valence-electron chi connectivity index (χ2n) is 6.54. The Morgan fingerprint density at radius 3 is 2.70 bits per heavy atom. The smallest absolute Gasteiger partial charge is 0.236 e. The molecule has 0 radical (unpaired) electrons. The summed E-state index contributed by atoms with van der Waals surface area (Å²) in [4.78, 5) is 17.1. The van der Waals surface area contributed by atoms with E-state index in [0.717, 1.165) is 39.1 Å². The zero-order valence-corrected chi connectivity index (χ0v) is 13.2. The van der Waals surface area contributed by atoms with E-state index in [-0.39, 0.29) is 0 Å². The standard InChI is InChI=1S/C16H31N3O/c1-3-10-18(15-6-8-17-9-7-15)13-16(20)19-11-4-5-14(2)12-19/h14-15,17H,3-13H2,1-2H3. The lowest BCUT2D eigenvalue weighted by molar-refractivity contribution is -0.134. The molecule has 0 aromatic carbocycles. The molecule has 2 aliphatic heterocycles. The van der Waals surface area contributed by atoms with E-state index in [1.165, 1.54) is 25.7 Å². The molecule has 0 aliphatic carbocycles. The van der Waals surface area contributed by atoms with E-state index in [1.807, 2.05) is 0 Å². The number of amides is 1. The third-order valence-electron chi connectivity index (χ3n) is 4.68. The Bertz CT molecular complexity index is 302. The van der Waals surface area contributed by atoms with Gasteiger partial charge < -0.3 is 10.2 Å². The van der Waals surface area contributed by atoms with Crippen LogP contribution in [-0.4, -0.2) is 61.0 Å². The molecule has 0 aromatic heterocycles. The molecule has 4 heteroatoms. The first-order valence-corrected chi connectivity index (χ1v) is 8.43. The summed E-state index contributed by atoms with van der Waals surface area (Å²) in [5.41, 5.74) is 0. The minimum absolute atomic E-state index is 0.350. The summed E-state index contributed by atoms with van der Waals surface area (Å²) < 4.78 is 0. The molecule has 20 heavy (non-hydrogen) atoms. The van der Waals surface area contributed by atoms with Crippen LogP contribution in [0.15, 0.2) is 0 Å². The average Bonchev–Trinajstić information content (AvgIpc) is 2.47. The second kappa shape index (κ2) is 7.99. The Labute approximate surface area is 123 Å². The number of rotatable bonds is 5. The number of hydrogen-bond donors (Lipinski definition) is 1. The second-order valence-corrected chi connectivity index (χ2v) is 6.54. The largest absolute Gasteiger partial charge is 0.341 e. The van der Waals surface area contributed by atoms with Crippen molar-refractivity contribution in [2.75, 3.05) is 39.3 Å². The quantitative estimate of drug-likeness (QED) is 0.833. The van der Waals surface area contributed by atoms with Gasteiger partial charge in [0.05, 0.1) is 6.54 Å². The molecular weight excluding hydrogens is 250 g/mol. The number of likely N-dealkylation sites (tertiary alicyclic amines) is 1. The lowest BCUT2D eigenvalue weighted by atomic mass is 10.00. The van der Waals surface area contributed by atoms with Crippen molar-refractivity contribution in [1.82, 2.24) is 15.1 Å². The van der Waals surface area contributed by atoms with Crippen molar-refractivity contribution in [3.05, 3.63) is 0 Å². The van der Waals surface area contributed by atoms with Gasteiger partial charge in [-0.15, -0.1) is 0 Å². The third kappa shape index (κ3) is 4.45. The summed E-state index contributed by atoms with van der Waals surface area (Å²) in [5, 5.41) is 3.41. The maximum atomic E-state index is 12.5. The van der Waals surface area contributed by atoms with Crippen LogP contribution in [0, 0.1) is 5.92 Å². The van der Waals surface area contributed by atoms with E-state index in [1.54, 1.807) is 0 Å². The van der Waals surface area contributed by atoms with Crippen LogP contribution in [0.2, 0.25) is 0 Å². The van der Waals surface area contributed by atoms with Gasteiger partial charge in [0.2, 0.25) is 5.91 Å². The fraction of sp³-hybridized carbons (Fsp3) is 0.938. The number of nitrogens with zero attached hydrogens (tertiary/aromatic N) is 2. The molecule has 0 aromatic rings. The molecule has 1 amide bonds. The molecule has 0 spiro atoms. The molecule has 2 saturated heterocycles. The van der Waals surface area contributed by atoms with Crippen molar-refractivity contribution < 1.29 is 4.79 Å². The Balaban J connectivity index is 1.87. The molecule has 0 bridgehead atoms. The van der Waals surface area contributed by atoms with E-state index in [9.17, 15) is 4.79 Å². The summed E-state index contributed by atoms with van der Waals surface area (Å²) >= 11 is 0. The van der Waals surface area contributed by atoms with Gasteiger partial charge >= 0.3 is 0 Å².